The third-order valence-electron chi connectivity index (χ3n) is 4.94. The quantitative estimate of drug-likeness (QED) is 0.486. The molecule has 2 aromatic heterocycles. The van der Waals surface area contributed by atoms with Gasteiger partial charge in [0.25, 0.3) is 5.56 Å². The number of rotatable bonds is 6. The minimum atomic E-state index is -0.332. The van der Waals surface area contributed by atoms with E-state index in [0.717, 1.165) is 10.9 Å². The number of carbonyl (C=O) groups excluding carboxylic acids is 1. The van der Waals surface area contributed by atoms with Crippen LogP contribution in [0, 0.1) is 6.92 Å². The van der Waals surface area contributed by atoms with Gasteiger partial charge in [0.05, 0.1) is 13.1 Å². The lowest BCUT2D eigenvalue weighted by Gasteiger charge is -2.19. The third kappa shape index (κ3) is 4.08. The van der Waals surface area contributed by atoms with E-state index < -0.39 is 0 Å². The Balaban J connectivity index is 1.54. The van der Waals surface area contributed by atoms with Crippen LogP contribution in [-0.2, 0) is 11.3 Å². The van der Waals surface area contributed by atoms with Crippen molar-refractivity contribution in [2.45, 2.75) is 20.4 Å². The summed E-state index contributed by atoms with van der Waals surface area (Å²) in [7, 11) is 0. The van der Waals surface area contributed by atoms with Gasteiger partial charge < -0.3 is 14.7 Å². The number of hydrogen-bond donors (Lipinski definition) is 2. The van der Waals surface area contributed by atoms with E-state index in [1.807, 2.05) is 43.0 Å². The molecule has 0 bridgehead atoms. The molecule has 2 N–H and O–H groups in total. The number of likely N-dealkylation sites (N-methyl/N-ethyl adjacent to an activating group) is 1. The Morgan fingerprint density at radius 2 is 2.07 bits per heavy atom. The lowest BCUT2D eigenvalue weighted by Crippen LogP contribution is -2.34. The minimum Gasteiger partial charge on any atom is -0.449 e. The second kappa shape index (κ2) is 8.30. The molecule has 2 aromatic carbocycles. The summed E-state index contributed by atoms with van der Waals surface area (Å²) in [5.74, 6) is 0.312. The van der Waals surface area contributed by atoms with E-state index in [-0.39, 0.29) is 23.6 Å². The molecule has 0 unspecified atom stereocenters. The number of amides is 1. The summed E-state index contributed by atoms with van der Waals surface area (Å²) < 4.78 is 5.63. The number of carbonyl (C=O) groups is 1. The van der Waals surface area contributed by atoms with E-state index in [4.69, 9.17) is 16.0 Å². The highest BCUT2D eigenvalue weighted by atomic mass is 35.5. The highest BCUT2D eigenvalue weighted by Gasteiger charge is 2.16. The van der Waals surface area contributed by atoms with Crippen molar-refractivity contribution in [3.05, 3.63) is 69.2 Å². The van der Waals surface area contributed by atoms with Crippen molar-refractivity contribution < 1.29 is 9.21 Å². The van der Waals surface area contributed by atoms with Crippen LogP contribution in [0.3, 0.4) is 0 Å². The molecule has 0 atom stereocenters. The first-order valence-electron chi connectivity index (χ1n) is 9.63. The van der Waals surface area contributed by atoms with Crippen molar-refractivity contribution in [3.8, 4) is 0 Å². The fourth-order valence-corrected chi connectivity index (χ4v) is 3.51. The van der Waals surface area contributed by atoms with Gasteiger partial charge in [0, 0.05) is 16.1 Å². The number of nitrogens with one attached hydrogen (secondary N) is 2. The maximum atomic E-state index is 12.5. The van der Waals surface area contributed by atoms with Gasteiger partial charge in [-0.05, 0) is 43.3 Å². The van der Waals surface area contributed by atoms with Gasteiger partial charge in [0.1, 0.15) is 16.9 Å². The smallest absolute Gasteiger partial charge is 0.294 e. The molecule has 154 valence electrons. The number of benzene rings is 2. The topological polar surface area (TPSA) is 91.2 Å². The Morgan fingerprint density at radius 3 is 2.87 bits per heavy atom. The zero-order chi connectivity index (χ0) is 21.3. The molecular weight excluding hydrogens is 404 g/mol. The van der Waals surface area contributed by atoms with Crippen molar-refractivity contribution in [3.63, 3.8) is 0 Å². The molecule has 8 heteroatoms. The van der Waals surface area contributed by atoms with E-state index in [9.17, 15) is 9.59 Å². The Bertz CT molecular complexity index is 1290. The summed E-state index contributed by atoms with van der Waals surface area (Å²) in [5, 5.41) is 4.24. The number of para-hydroxylation sites is 1. The first-order chi connectivity index (χ1) is 14.4. The predicted molar refractivity (Wildman–Crippen MR) is 118 cm³/mol. The first kappa shape index (κ1) is 20.1. The van der Waals surface area contributed by atoms with E-state index in [1.54, 1.807) is 18.2 Å². The fraction of sp³-hybridized carbons (Fsp3) is 0.227. The van der Waals surface area contributed by atoms with Crippen LogP contribution in [0.1, 0.15) is 18.3 Å². The van der Waals surface area contributed by atoms with E-state index >= 15 is 0 Å². The monoisotopic (exact) mass is 424 g/mol. The van der Waals surface area contributed by atoms with Crippen LogP contribution in [0.2, 0.25) is 5.02 Å². The molecule has 0 saturated heterocycles. The maximum Gasteiger partial charge on any atom is 0.294 e. The van der Waals surface area contributed by atoms with E-state index in [1.165, 1.54) is 0 Å². The third-order valence-corrected chi connectivity index (χ3v) is 5.18. The molecule has 0 saturated carbocycles. The largest absolute Gasteiger partial charge is 0.449 e. The predicted octanol–water partition coefficient (Wildman–Crippen LogP) is 4.09. The molecule has 4 rings (SSSR count). The minimum absolute atomic E-state index is 0.149. The lowest BCUT2D eigenvalue weighted by molar-refractivity contribution is -0.117. The van der Waals surface area contributed by atoms with Crippen LogP contribution in [0.5, 0.6) is 0 Å². The summed E-state index contributed by atoms with van der Waals surface area (Å²) in [6.45, 7) is 4.93. The Labute approximate surface area is 177 Å². The zero-order valence-corrected chi connectivity index (χ0v) is 17.4. The van der Waals surface area contributed by atoms with Gasteiger partial charge in [-0.25, -0.2) is 4.98 Å². The van der Waals surface area contributed by atoms with Crippen LogP contribution in [-0.4, -0.2) is 33.9 Å². The van der Waals surface area contributed by atoms with Gasteiger partial charge in [-0.3, -0.25) is 14.5 Å². The fourth-order valence-electron chi connectivity index (χ4n) is 3.34. The van der Waals surface area contributed by atoms with Crippen molar-refractivity contribution in [1.82, 2.24) is 14.9 Å². The van der Waals surface area contributed by atoms with Gasteiger partial charge >= 0.3 is 0 Å². The number of anilines is 1. The first-order valence-corrected chi connectivity index (χ1v) is 10.0. The molecule has 30 heavy (non-hydrogen) atoms. The average molecular weight is 425 g/mol. The van der Waals surface area contributed by atoms with Crippen molar-refractivity contribution in [2.24, 2.45) is 0 Å². The summed E-state index contributed by atoms with van der Waals surface area (Å²) in [6, 6.07) is 12.8. The Hall–Kier alpha value is -3.16. The second-order valence-electron chi connectivity index (χ2n) is 7.10. The molecular formula is C22H21ClN4O3. The molecule has 0 radical (unpaired) electrons. The summed E-state index contributed by atoms with van der Waals surface area (Å²) in [5.41, 5.74) is 2.63. The standard InChI is InChI=1S/C22H21ClN4O3/c1-3-27(12-19(28)24-16-10-14(23)9-8-13(16)2)11-18-25-20-15-6-4-5-7-17(15)30-21(20)22(29)26-18/h4-10H,3,11-12H2,1-2H3,(H,24,28)(H,25,26,29). The lowest BCUT2D eigenvalue weighted by atomic mass is 10.2. The number of nitrogens with zero attached hydrogens (tertiary/aromatic N) is 2. The summed E-state index contributed by atoms with van der Waals surface area (Å²) in [6.07, 6.45) is 0. The highest BCUT2D eigenvalue weighted by molar-refractivity contribution is 6.31. The van der Waals surface area contributed by atoms with Gasteiger partial charge in [-0.2, -0.15) is 0 Å². The molecule has 4 aromatic rings. The van der Waals surface area contributed by atoms with Crippen molar-refractivity contribution >= 4 is 45.3 Å². The molecule has 0 fully saturated rings. The SMILES string of the molecule is CCN(CC(=O)Nc1cc(Cl)ccc1C)Cc1nc2c(oc3ccccc32)c(=O)[nH]1. The number of aromatic nitrogens is 2. The number of fused-ring (bicyclic) bond motifs is 3. The molecule has 0 aliphatic carbocycles. The molecule has 1 amide bonds. The maximum absolute atomic E-state index is 12.5. The van der Waals surface area contributed by atoms with Crippen molar-refractivity contribution in [2.75, 3.05) is 18.4 Å². The number of H-pyrrole nitrogens is 1. The van der Waals surface area contributed by atoms with E-state index in [2.05, 4.69) is 15.3 Å². The normalized spacial score (nSPS) is 11.5. The van der Waals surface area contributed by atoms with Gasteiger partial charge in [0.2, 0.25) is 11.5 Å². The van der Waals surface area contributed by atoms with Crippen LogP contribution in [0.15, 0.2) is 51.7 Å². The molecule has 7 nitrogen and oxygen atoms in total. The number of aryl methyl sites for hydroxylation is 1. The van der Waals surface area contributed by atoms with E-state index in [0.29, 0.717) is 40.7 Å². The number of aromatic amines is 1. The summed E-state index contributed by atoms with van der Waals surface area (Å²) >= 11 is 6.02. The van der Waals surface area contributed by atoms with Gasteiger partial charge in [0.15, 0.2) is 0 Å². The molecule has 0 aliphatic heterocycles. The van der Waals surface area contributed by atoms with Crippen LogP contribution in [0.25, 0.3) is 22.1 Å². The highest BCUT2D eigenvalue weighted by Crippen LogP contribution is 2.24. The Kier molecular flexibility index (Phi) is 5.57. The molecule has 2 heterocycles. The van der Waals surface area contributed by atoms with Gasteiger partial charge in [-0.15, -0.1) is 0 Å². The van der Waals surface area contributed by atoms with Crippen LogP contribution < -0.4 is 10.9 Å². The number of halogens is 1. The molecule has 0 aliphatic rings. The number of furan rings is 1. The second-order valence-corrected chi connectivity index (χ2v) is 7.54. The average Bonchev–Trinajstić information content (AvgIpc) is 3.09. The van der Waals surface area contributed by atoms with Gasteiger partial charge in [-0.1, -0.05) is 36.7 Å². The van der Waals surface area contributed by atoms with Crippen LogP contribution in [0.4, 0.5) is 5.69 Å². The van der Waals surface area contributed by atoms with Crippen molar-refractivity contribution in [1.29, 1.82) is 0 Å². The molecule has 0 spiro atoms. The number of hydrogen-bond acceptors (Lipinski definition) is 5. The summed E-state index contributed by atoms with van der Waals surface area (Å²) in [4.78, 5) is 34.3. The Morgan fingerprint density at radius 1 is 1.27 bits per heavy atom. The zero-order valence-electron chi connectivity index (χ0n) is 16.7. The van der Waals surface area contributed by atoms with Crippen LogP contribution >= 0.6 is 11.6 Å².